The van der Waals surface area contributed by atoms with E-state index in [-0.39, 0.29) is 30.6 Å². The number of benzene rings is 1. The van der Waals surface area contributed by atoms with E-state index in [2.05, 4.69) is 22.1 Å². The van der Waals surface area contributed by atoms with Crippen LogP contribution in [0.4, 0.5) is 8.78 Å². The van der Waals surface area contributed by atoms with Crippen molar-refractivity contribution in [1.82, 2.24) is 14.7 Å². The highest BCUT2D eigenvalue weighted by Gasteiger charge is 2.38. The molecule has 0 saturated heterocycles. The minimum Gasteiger partial charge on any atom is -0.462 e. The smallest absolute Gasteiger partial charge is 0.341 e. The second-order valence-electron chi connectivity index (χ2n) is 7.10. The highest BCUT2D eigenvalue weighted by molar-refractivity contribution is 5.90. The monoisotopic (exact) mass is 375 g/mol. The van der Waals surface area contributed by atoms with Gasteiger partial charge in [-0.3, -0.25) is 4.90 Å². The van der Waals surface area contributed by atoms with Gasteiger partial charge in [-0.25, -0.2) is 18.3 Å². The molecular formula is C20H23F2N3O2. The highest BCUT2D eigenvalue weighted by Crippen LogP contribution is 2.42. The van der Waals surface area contributed by atoms with Crippen molar-refractivity contribution < 1.29 is 18.3 Å². The molecule has 1 heterocycles. The Kier molecular flexibility index (Phi) is 4.95. The fourth-order valence-electron chi connectivity index (χ4n) is 4.01. The second kappa shape index (κ2) is 7.38. The minimum atomic E-state index is -2.79. The van der Waals surface area contributed by atoms with E-state index in [9.17, 15) is 13.6 Å². The van der Waals surface area contributed by atoms with Crippen molar-refractivity contribution in [2.75, 3.05) is 6.61 Å². The predicted octanol–water partition coefficient (Wildman–Crippen LogP) is 4.11. The number of esters is 1. The zero-order chi connectivity index (χ0) is 19.0. The van der Waals surface area contributed by atoms with Crippen molar-refractivity contribution in [3.05, 3.63) is 52.8 Å². The number of alkyl halides is 2. The number of rotatable bonds is 7. The largest absolute Gasteiger partial charge is 0.462 e. The van der Waals surface area contributed by atoms with Crippen LogP contribution in [0.1, 0.15) is 65.8 Å². The lowest BCUT2D eigenvalue weighted by Crippen LogP contribution is -2.33. The lowest BCUT2D eigenvalue weighted by atomic mass is 10.1. The molecule has 5 nitrogen and oxygen atoms in total. The van der Waals surface area contributed by atoms with E-state index in [0.29, 0.717) is 6.04 Å². The zero-order valence-electron chi connectivity index (χ0n) is 15.3. The summed E-state index contributed by atoms with van der Waals surface area (Å²) in [6.07, 6.45) is 2.52. The molecule has 27 heavy (non-hydrogen) atoms. The molecule has 0 N–H and O–H groups in total. The Morgan fingerprint density at radius 3 is 2.81 bits per heavy atom. The molecule has 7 heteroatoms. The Morgan fingerprint density at radius 2 is 2.11 bits per heavy atom. The maximum atomic E-state index is 13.7. The highest BCUT2D eigenvalue weighted by atomic mass is 19.3. The standard InChI is InChI=1S/C20H23F2N3O2/c1-2-27-20(26)16-11-23-25(18(16)19(21)22)12-24(14-8-9-14)17-10-7-13-5-3-4-6-15(13)17/h3-6,11,14,17,19H,2,7-10,12H2,1H3. The van der Waals surface area contributed by atoms with Crippen molar-refractivity contribution >= 4 is 5.97 Å². The number of carbonyl (C=O) groups excluding carboxylic acids is 1. The molecule has 2 aliphatic rings. The minimum absolute atomic E-state index is 0.139. The van der Waals surface area contributed by atoms with E-state index in [1.807, 2.05) is 12.1 Å². The Bertz CT molecular complexity index is 832. The Morgan fingerprint density at radius 1 is 1.33 bits per heavy atom. The molecule has 1 saturated carbocycles. The second-order valence-corrected chi connectivity index (χ2v) is 7.10. The summed E-state index contributed by atoms with van der Waals surface area (Å²) in [7, 11) is 0. The van der Waals surface area contributed by atoms with Gasteiger partial charge in [-0.15, -0.1) is 0 Å². The van der Waals surface area contributed by atoms with Crippen LogP contribution >= 0.6 is 0 Å². The van der Waals surface area contributed by atoms with Crippen molar-refractivity contribution in [3.63, 3.8) is 0 Å². The van der Waals surface area contributed by atoms with Crippen molar-refractivity contribution in [3.8, 4) is 0 Å². The van der Waals surface area contributed by atoms with Gasteiger partial charge in [0.2, 0.25) is 0 Å². The number of ether oxygens (including phenoxy) is 1. The first-order chi connectivity index (χ1) is 13.1. The SMILES string of the molecule is CCOC(=O)c1cnn(CN(C2CC2)C2CCc3ccccc32)c1C(F)F. The van der Waals surface area contributed by atoms with Crippen LogP contribution in [-0.2, 0) is 17.8 Å². The molecule has 0 aliphatic heterocycles. The van der Waals surface area contributed by atoms with Gasteiger partial charge in [-0.2, -0.15) is 5.10 Å². The summed E-state index contributed by atoms with van der Waals surface area (Å²) in [5.74, 6) is -0.747. The number of carbonyl (C=O) groups is 1. The number of aromatic nitrogens is 2. The maximum Gasteiger partial charge on any atom is 0.341 e. The Hall–Kier alpha value is -2.28. The van der Waals surface area contributed by atoms with Gasteiger partial charge < -0.3 is 4.74 Å². The van der Waals surface area contributed by atoms with Gasteiger partial charge in [0.05, 0.1) is 19.5 Å². The van der Waals surface area contributed by atoms with Crippen molar-refractivity contribution in [2.24, 2.45) is 0 Å². The normalized spacial score (nSPS) is 18.9. The molecule has 0 bridgehead atoms. The molecule has 1 aromatic carbocycles. The number of halogens is 2. The van der Waals surface area contributed by atoms with Gasteiger partial charge in [-0.05, 0) is 43.7 Å². The van der Waals surface area contributed by atoms with Gasteiger partial charge in [0.1, 0.15) is 11.3 Å². The average molecular weight is 375 g/mol. The van der Waals surface area contributed by atoms with Crippen LogP contribution in [0, 0.1) is 0 Å². The van der Waals surface area contributed by atoms with Gasteiger partial charge in [-0.1, -0.05) is 24.3 Å². The fourth-order valence-corrected chi connectivity index (χ4v) is 4.01. The molecule has 144 valence electrons. The summed E-state index contributed by atoms with van der Waals surface area (Å²) < 4.78 is 33.6. The quantitative estimate of drug-likeness (QED) is 0.684. The number of nitrogens with zero attached hydrogens (tertiary/aromatic N) is 3. The van der Waals surface area contributed by atoms with E-state index >= 15 is 0 Å². The molecule has 2 aliphatic carbocycles. The summed E-state index contributed by atoms with van der Waals surface area (Å²) in [5.41, 5.74) is 2.11. The summed E-state index contributed by atoms with van der Waals surface area (Å²) >= 11 is 0. The lowest BCUT2D eigenvalue weighted by molar-refractivity contribution is 0.0510. The third kappa shape index (κ3) is 3.48. The van der Waals surface area contributed by atoms with E-state index < -0.39 is 12.4 Å². The van der Waals surface area contributed by atoms with Crippen LogP contribution in [0.25, 0.3) is 0 Å². The predicted molar refractivity (Wildman–Crippen MR) is 95.5 cm³/mol. The first kappa shape index (κ1) is 18.1. The summed E-state index contributed by atoms with van der Waals surface area (Å²) in [5, 5.41) is 4.11. The Balaban J connectivity index is 1.63. The molecular weight excluding hydrogens is 352 g/mol. The molecule has 1 atom stereocenters. The molecule has 0 amide bonds. The van der Waals surface area contributed by atoms with Crippen LogP contribution in [-0.4, -0.2) is 33.3 Å². The molecule has 4 rings (SSSR count). The number of hydrogen-bond donors (Lipinski definition) is 0. The van der Waals surface area contributed by atoms with Crippen molar-refractivity contribution in [1.29, 1.82) is 0 Å². The van der Waals surface area contributed by atoms with Crippen LogP contribution < -0.4 is 0 Å². The topological polar surface area (TPSA) is 47.4 Å². The Labute approximate surface area is 156 Å². The molecule has 0 spiro atoms. The molecule has 2 aromatic rings. The number of fused-ring (bicyclic) bond motifs is 1. The first-order valence-electron chi connectivity index (χ1n) is 9.44. The van der Waals surface area contributed by atoms with E-state index in [0.717, 1.165) is 25.7 Å². The molecule has 1 aromatic heterocycles. The number of aryl methyl sites for hydroxylation is 1. The van der Waals surface area contributed by atoms with Gasteiger partial charge in [0.15, 0.2) is 0 Å². The third-order valence-electron chi connectivity index (χ3n) is 5.40. The molecule has 1 fully saturated rings. The molecule has 0 radical (unpaired) electrons. The van der Waals surface area contributed by atoms with E-state index in [1.54, 1.807) is 6.92 Å². The average Bonchev–Trinajstić information content (AvgIpc) is 3.26. The zero-order valence-corrected chi connectivity index (χ0v) is 15.3. The van der Waals surface area contributed by atoms with E-state index in [4.69, 9.17) is 4.74 Å². The third-order valence-corrected chi connectivity index (χ3v) is 5.40. The summed E-state index contributed by atoms with van der Waals surface area (Å²) in [4.78, 5) is 14.3. The van der Waals surface area contributed by atoms with Crippen LogP contribution in [0.15, 0.2) is 30.5 Å². The maximum absolute atomic E-state index is 13.7. The van der Waals surface area contributed by atoms with Gasteiger partial charge in [0, 0.05) is 12.1 Å². The lowest BCUT2D eigenvalue weighted by Gasteiger charge is -2.30. The van der Waals surface area contributed by atoms with Gasteiger partial charge in [0.25, 0.3) is 6.43 Å². The van der Waals surface area contributed by atoms with Crippen LogP contribution in [0.2, 0.25) is 0 Å². The van der Waals surface area contributed by atoms with E-state index in [1.165, 1.54) is 22.0 Å². The van der Waals surface area contributed by atoms with Gasteiger partial charge >= 0.3 is 5.97 Å². The molecule has 1 unspecified atom stereocenters. The van der Waals surface area contributed by atoms with Crippen molar-refractivity contribution in [2.45, 2.75) is 57.8 Å². The first-order valence-corrected chi connectivity index (χ1v) is 9.44. The summed E-state index contributed by atoms with van der Waals surface area (Å²) in [6.45, 7) is 2.04. The van der Waals surface area contributed by atoms with Crippen LogP contribution in [0.5, 0.6) is 0 Å². The summed E-state index contributed by atoms with van der Waals surface area (Å²) in [6, 6.07) is 8.91. The number of hydrogen-bond acceptors (Lipinski definition) is 4. The fraction of sp³-hybridized carbons (Fsp3) is 0.500. The van der Waals surface area contributed by atoms with Crippen LogP contribution in [0.3, 0.4) is 0 Å².